The molecule has 1 aliphatic heterocycles. The second kappa shape index (κ2) is 4.31. The van der Waals surface area contributed by atoms with Crippen molar-refractivity contribution in [1.29, 1.82) is 0 Å². The average molecular weight is 258 g/mol. The van der Waals surface area contributed by atoms with Crippen LogP contribution in [-0.4, -0.2) is 18.9 Å². The van der Waals surface area contributed by atoms with Crippen LogP contribution >= 0.6 is 23.2 Å². The number of guanidine groups is 1. The smallest absolute Gasteiger partial charge is 0.253 e. The minimum absolute atomic E-state index is 0.154. The van der Waals surface area contributed by atoms with Crippen molar-refractivity contribution >= 4 is 35.1 Å². The first-order chi connectivity index (χ1) is 7.61. The number of amides is 1. The lowest BCUT2D eigenvalue weighted by Crippen LogP contribution is -2.24. The average Bonchev–Trinajstić information content (AvgIpc) is 2.64. The third kappa shape index (κ3) is 1.99. The number of hydrogen-bond donors (Lipinski definition) is 2. The standard InChI is InChI=1S/C10H9Cl2N3O/c1-13-10-14-8(9(16)15-10)5-2-3-6(11)7(12)4-5/h2-4,8H,1H3,(H2,13,14,15,16). The van der Waals surface area contributed by atoms with Gasteiger partial charge in [-0.25, -0.2) is 0 Å². The molecule has 1 amide bonds. The van der Waals surface area contributed by atoms with Crippen LogP contribution in [0.2, 0.25) is 10.0 Å². The summed E-state index contributed by atoms with van der Waals surface area (Å²) in [6.45, 7) is 0. The normalized spacial score (nSPS) is 22.1. The monoisotopic (exact) mass is 257 g/mol. The van der Waals surface area contributed by atoms with Crippen molar-refractivity contribution in [2.45, 2.75) is 6.04 Å². The molecule has 1 atom stereocenters. The molecule has 2 rings (SSSR count). The van der Waals surface area contributed by atoms with Crippen molar-refractivity contribution in [3.63, 3.8) is 0 Å². The van der Waals surface area contributed by atoms with Gasteiger partial charge in [0.2, 0.25) is 0 Å². The quantitative estimate of drug-likeness (QED) is 0.806. The number of carbonyl (C=O) groups is 1. The molecule has 1 aliphatic rings. The van der Waals surface area contributed by atoms with E-state index in [9.17, 15) is 4.79 Å². The van der Waals surface area contributed by atoms with E-state index in [1.54, 1.807) is 25.2 Å². The van der Waals surface area contributed by atoms with Crippen molar-refractivity contribution in [3.05, 3.63) is 33.8 Å². The van der Waals surface area contributed by atoms with Crippen LogP contribution in [0.25, 0.3) is 0 Å². The zero-order valence-corrected chi connectivity index (χ0v) is 9.93. The molecule has 0 spiro atoms. The van der Waals surface area contributed by atoms with E-state index in [0.29, 0.717) is 16.0 Å². The van der Waals surface area contributed by atoms with E-state index in [1.807, 2.05) is 0 Å². The molecule has 1 fully saturated rings. The summed E-state index contributed by atoms with van der Waals surface area (Å²) in [6, 6.07) is 4.62. The first-order valence-corrected chi connectivity index (χ1v) is 5.36. The van der Waals surface area contributed by atoms with Crippen LogP contribution in [0.5, 0.6) is 0 Å². The van der Waals surface area contributed by atoms with E-state index in [-0.39, 0.29) is 5.91 Å². The van der Waals surface area contributed by atoms with Gasteiger partial charge in [0.15, 0.2) is 5.96 Å². The summed E-state index contributed by atoms with van der Waals surface area (Å²) in [5.41, 5.74) is 0.755. The van der Waals surface area contributed by atoms with Gasteiger partial charge >= 0.3 is 0 Å². The molecule has 0 aromatic heterocycles. The summed E-state index contributed by atoms with van der Waals surface area (Å²) in [5, 5.41) is 6.44. The Morgan fingerprint density at radius 1 is 1.31 bits per heavy atom. The van der Waals surface area contributed by atoms with Crippen LogP contribution in [0.3, 0.4) is 0 Å². The molecular weight excluding hydrogens is 249 g/mol. The van der Waals surface area contributed by atoms with Crippen LogP contribution < -0.4 is 10.6 Å². The minimum atomic E-state index is -0.464. The highest BCUT2D eigenvalue weighted by Gasteiger charge is 2.29. The predicted octanol–water partition coefficient (Wildman–Crippen LogP) is 1.74. The van der Waals surface area contributed by atoms with Crippen LogP contribution in [0.15, 0.2) is 23.2 Å². The van der Waals surface area contributed by atoms with Crippen molar-refractivity contribution in [2.75, 3.05) is 7.05 Å². The molecule has 1 heterocycles. The number of hydrogen-bond acceptors (Lipinski definition) is 2. The van der Waals surface area contributed by atoms with Gasteiger partial charge in [-0.3, -0.25) is 15.1 Å². The molecule has 4 nitrogen and oxygen atoms in total. The Labute approximate surface area is 103 Å². The zero-order chi connectivity index (χ0) is 11.7. The fourth-order valence-corrected chi connectivity index (χ4v) is 1.78. The minimum Gasteiger partial charge on any atom is -0.340 e. The maximum Gasteiger partial charge on any atom is 0.253 e. The Morgan fingerprint density at radius 3 is 2.62 bits per heavy atom. The van der Waals surface area contributed by atoms with Gasteiger partial charge in [0.25, 0.3) is 5.91 Å². The van der Waals surface area contributed by atoms with E-state index in [2.05, 4.69) is 15.6 Å². The number of benzene rings is 1. The Morgan fingerprint density at radius 2 is 2.06 bits per heavy atom. The molecule has 0 bridgehead atoms. The van der Waals surface area contributed by atoms with Gasteiger partial charge in [0.1, 0.15) is 6.04 Å². The Hall–Kier alpha value is -1.26. The zero-order valence-electron chi connectivity index (χ0n) is 8.42. The van der Waals surface area contributed by atoms with Gasteiger partial charge in [0.05, 0.1) is 10.0 Å². The number of nitrogens with one attached hydrogen (secondary N) is 2. The summed E-state index contributed by atoms with van der Waals surface area (Å²) in [6.07, 6.45) is 0. The van der Waals surface area contributed by atoms with E-state index < -0.39 is 6.04 Å². The van der Waals surface area contributed by atoms with Crippen LogP contribution in [0.4, 0.5) is 0 Å². The van der Waals surface area contributed by atoms with Crippen molar-refractivity contribution in [3.8, 4) is 0 Å². The SMILES string of the molecule is CN=C1NC(=O)C(c2ccc(Cl)c(Cl)c2)N1. The molecule has 2 N–H and O–H groups in total. The second-order valence-electron chi connectivity index (χ2n) is 3.31. The molecule has 1 unspecified atom stereocenters. The lowest BCUT2D eigenvalue weighted by atomic mass is 10.1. The Kier molecular flexibility index (Phi) is 3.03. The van der Waals surface area contributed by atoms with Gasteiger partial charge in [-0.1, -0.05) is 29.3 Å². The highest BCUT2D eigenvalue weighted by atomic mass is 35.5. The molecular formula is C10H9Cl2N3O. The lowest BCUT2D eigenvalue weighted by molar-refractivity contribution is -0.120. The number of rotatable bonds is 1. The second-order valence-corrected chi connectivity index (χ2v) is 4.13. The van der Waals surface area contributed by atoms with Gasteiger partial charge in [-0.05, 0) is 17.7 Å². The van der Waals surface area contributed by atoms with Crippen LogP contribution in [0, 0.1) is 0 Å². The van der Waals surface area contributed by atoms with E-state index in [4.69, 9.17) is 23.2 Å². The number of halogens is 2. The Bertz CT molecular complexity index is 473. The summed E-state index contributed by atoms with van der Waals surface area (Å²) in [4.78, 5) is 15.5. The summed E-state index contributed by atoms with van der Waals surface area (Å²) in [7, 11) is 1.60. The maximum absolute atomic E-state index is 11.6. The molecule has 0 saturated carbocycles. The van der Waals surface area contributed by atoms with Gasteiger partial charge < -0.3 is 5.32 Å². The van der Waals surface area contributed by atoms with E-state index >= 15 is 0 Å². The lowest BCUT2D eigenvalue weighted by Gasteiger charge is -2.08. The van der Waals surface area contributed by atoms with Gasteiger partial charge in [0, 0.05) is 7.05 Å². The molecule has 6 heteroatoms. The summed E-state index contributed by atoms with van der Waals surface area (Å²) in [5.74, 6) is 0.306. The fourth-order valence-electron chi connectivity index (χ4n) is 1.47. The fraction of sp³-hybridized carbons (Fsp3) is 0.200. The first kappa shape index (κ1) is 11.2. The molecule has 16 heavy (non-hydrogen) atoms. The molecule has 0 aliphatic carbocycles. The van der Waals surface area contributed by atoms with Gasteiger partial charge in [-0.2, -0.15) is 0 Å². The van der Waals surface area contributed by atoms with Crippen molar-refractivity contribution in [1.82, 2.24) is 10.6 Å². The highest BCUT2D eigenvalue weighted by Crippen LogP contribution is 2.26. The van der Waals surface area contributed by atoms with Crippen LogP contribution in [0.1, 0.15) is 11.6 Å². The maximum atomic E-state index is 11.6. The predicted molar refractivity (Wildman–Crippen MR) is 63.8 cm³/mol. The van der Waals surface area contributed by atoms with Gasteiger partial charge in [-0.15, -0.1) is 0 Å². The summed E-state index contributed by atoms with van der Waals surface area (Å²) >= 11 is 11.7. The molecule has 1 saturated heterocycles. The third-order valence-electron chi connectivity index (χ3n) is 2.29. The molecule has 84 valence electrons. The number of aliphatic imine (C=N–C) groups is 1. The van der Waals surface area contributed by atoms with Crippen molar-refractivity contribution in [2.24, 2.45) is 4.99 Å². The topological polar surface area (TPSA) is 53.5 Å². The first-order valence-electron chi connectivity index (χ1n) is 4.61. The Balaban J connectivity index is 2.31. The largest absolute Gasteiger partial charge is 0.340 e. The molecule has 1 aromatic rings. The van der Waals surface area contributed by atoms with Crippen molar-refractivity contribution < 1.29 is 4.79 Å². The highest BCUT2D eigenvalue weighted by molar-refractivity contribution is 6.42. The van der Waals surface area contributed by atoms with E-state index in [0.717, 1.165) is 5.56 Å². The molecule has 0 radical (unpaired) electrons. The summed E-state index contributed by atoms with van der Waals surface area (Å²) < 4.78 is 0. The van der Waals surface area contributed by atoms with E-state index in [1.165, 1.54) is 0 Å². The third-order valence-corrected chi connectivity index (χ3v) is 3.02. The van der Waals surface area contributed by atoms with Crippen LogP contribution in [-0.2, 0) is 4.79 Å². The number of nitrogens with zero attached hydrogens (tertiary/aromatic N) is 1. The molecule has 1 aromatic carbocycles. The number of carbonyl (C=O) groups excluding carboxylic acids is 1.